The lowest BCUT2D eigenvalue weighted by Gasteiger charge is -2.36. The normalized spacial score (nSPS) is 25.5. The maximum atomic E-state index is 13.3. The monoisotopic (exact) mass is 415 g/mol. The van der Waals surface area contributed by atoms with Gasteiger partial charge in [0.25, 0.3) is 5.91 Å². The Morgan fingerprint density at radius 2 is 2.00 bits per heavy atom. The van der Waals surface area contributed by atoms with Gasteiger partial charge in [-0.1, -0.05) is 11.6 Å². The number of hydrogen-bond acceptors (Lipinski definition) is 4. The summed E-state index contributed by atoms with van der Waals surface area (Å²) in [6, 6.07) is 3.23. The molecule has 0 aromatic heterocycles. The van der Waals surface area contributed by atoms with E-state index >= 15 is 0 Å². The minimum absolute atomic E-state index is 0.189. The number of halogens is 1. The number of amides is 5. The lowest BCUT2D eigenvalue weighted by molar-refractivity contribution is -0.121. The van der Waals surface area contributed by atoms with Crippen molar-refractivity contribution < 1.29 is 14.4 Å². The highest BCUT2D eigenvalue weighted by Crippen LogP contribution is 2.43. The van der Waals surface area contributed by atoms with Crippen molar-refractivity contribution in [3.63, 3.8) is 0 Å². The number of imide groups is 1. The minimum Gasteiger partial charge on any atom is -0.333 e. The Labute approximate surface area is 174 Å². The molecule has 3 heterocycles. The number of nitrogens with zero attached hydrogens (tertiary/aromatic N) is 4. The zero-order chi connectivity index (χ0) is 21.2. The van der Waals surface area contributed by atoms with Crippen LogP contribution in [0.5, 0.6) is 0 Å². The van der Waals surface area contributed by atoms with Gasteiger partial charge in [-0.2, -0.15) is 5.26 Å². The topological polar surface area (TPSA) is 96.8 Å². The minimum atomic E-state index is -0.694. The van der Waals surface area contributed by atoms with Crippen LogP contribution in [-0.4, -0.2) is 58.0 Å². The first-order valence-electron chi connectivity index (χ1n) is 9.49. The molecule has 1 aromatic carbocycles. The summed E-state index contributed by atoms with van der Waals surface area (Å²) in [5.74, 6) is -0.361. The van der Waals surface area contributed by atoms with Crippen molar-refractivity contribution >= 4 is 35.3 Å². The first-order chi connectivity index (χ1) is 13.5. The summed E-state index contributed by atoms with van der Waals surface area (Å²) >= 11 is 6.24. The fourth-order valence-corrected chi connectivity index (χ4v) is 4.71. The molecule has 3 aliphatic rings. The Kier molecular flexibility index (Phi) is 4.28. The highest BCUT2D eigenvalue weighted by atomic mass is 35.5. The average molecular weight is 416 g/mol. The van der Waals surface area contributed by atoms with Gasteiger partial charge in [0.2, 0.25) is 0 Å². The van der Waals surface area contributed by atoms with E-state index in [0.29, 0.717) is 24.2 Å². The van der Waals surface area contributed by atoms with Crippen molar-refractivity contribution in [2.24, 2.45) is 0 Å². The number of nitrogens with one attached hydrogen (secondary N) is 1. The second-order valence-corrected chi connectivity index (χ2v) is 9.16. The van der Waals surface area contributed by atoms with Gasteiger partial charge < -0.3 is 15.1 Å². The van der Waals surface area contributed by atoms with Crippen molar-refractivity contribution in [2.45, 2.75) is 57.8 Å². The van der Waals surface area contributed by atoms with Crippen LogP contribution in [0.25, 0.3) is 0 Å². The second kappa shape index (κ2) is 6.36. The van der Waals surface area contributed by atoms with E-state index in [1.165, 1.54) is 6.07 Å². The number of benzene rings is 1. The molecule has 3 fully saturated rings. The van der Waals surface area contributed by atoms with Gasteiger partial charge in [-0.05, 0) is 51.8 Å². The zero-order valence-electron chi connectivity index (χ0n) is 16.7. The first kappa shape index (κ1) is 19.5. The van der Waals surface area contributed by atoms with Crippen LogP contribution in [0.4, 0.5) is 15.3 Å². The summed E-state index contributed by atoms with van der Waals surface area (Å²) in [5, 5.41) is 12.3. The van der Waals surface area contributed by atoms with E-state index in [9.17, 15) is 14.4 Å². The predicted molar refractivity (Wildman–Crippen MR) is 107 cm³/mol. The number of anilines is 1. The summed E-state index contributed by atoms with van der Waals surface area (Å²) in [7, 11) is 0. The molecule has 1 N–H and O–H groups in total. The van der Waals surface area contributed by atoms with Crippen LogP contribution in [0.1, 0.15) is 38.3 Å². The quantitative estimate of drug-likeness (QED) is 0.713. The summed E-state index contributed by atoms with van der Waals surface area (Å²) in [6.07, 6.45) is 0.598. The van der Waals surface area contributed by atoms with Crippen molar-refractivity contribution in [1.29, 1.82) is 5.26 Å². The molecule has 8 nitrogen and oxygen atoms in total. The number of fused-ring (bicyclic) bond motifs is 5. The second-order valence-electron chi connectivity index (χ2n) is 8.78. The van der Waals surface area contributed by atoms with Gasteiger partial charge in [0.15, 0.2) is 0 Å². The smallest absolute Gasteiger partial charge is 0.332 e. The molecule has 4 rings (SSSR count). The number of hydrogen-bond donors (Lipinski definition) is 1. The molecule has 2 bridgehead atoms. The molecular weight excluding hydrogens is 394 g/mol. The first-order valence-corrected chi connectivity index (χ1v) is 9.87. The number of rotatable bonds is 1. The lowest BCUT2D eigenvalue weighted by atomic mass is 10.1. The van der Waals surface area contributed by atoms with Crippen LogP contribution >= 0.6 is 11.6 Å². The van der Waals surface area contributed by atoms with Gasteiger partial charge in [0.05, 0.1) is 28.4 Å². The summed E-state index contributed by atoms with van der Waals surface area (Å²) in [6.45, 7) is 7.78. The molecular formula is C20H22ClN5O3. The van der Waals surface area contributed by atoms with Gasteiger partial charge in [0.1, 0.15) is 12.1 Å². The predicted octanol–water partition coefficient (Wildman–Crippen LogP) is 2.62. The van der Waals surface area contributed by atoms with E-state index in [4.69, 9.17) is 16.9 Å². The Morgan fingerprint density at radius 3 is 2.62 bits per heavy atom. The number of carbonyl (C=O) groups is 3. The summed E-state index contributed by atoms with van der Waals surface area (Å²) in [5.41, 5.74) is 0.778. The van der Waals surface area contributed by atoms with Crippen LogP contribution in [0.3, 0.4) is 0 Å². The molecule has 3 aliphatic heterocycles. The highest BCUT2D eigenvalue weighted by molar-refractivity contribution is 6.33. The van der Waals surface area contributed by atoms with E-state index in [1.807, 2.05) is 26.8 Å². The fraction of sp³-hybridized carbons (Fsp3) is 0.500. The van der Waals surface area contributed by atoms with Crippen LogP contribution in [-0.2, 0) is 4.79 Å². The molecule has 9 heteroatoms. The van der Waals surface area contributed by atoms with E-state index in [-0.39, 0.29) is 34.6 Å². The Balaban J connectivity index is 1.65. The Bertz CT molecular complexity index is 980. The molecule has 3 unspecified atom stereocenters. The zero-order valence-corrected chi connectivity index (χ0v) is 17.4. The number of urea groups is 2. The van der Waals surface area contributed by atoms with E-state index in [2.05, 4.69) is 5.32 Å². The van der Waals surface area contributed by atoms with Crippen molar-refractivity contribution in [2.75, 3.05) is 11.4 Å². The number of nitriles is 1. The molecule has 0 aliphatic carbocycles. The third-order valence-corrected chi connectivity index (χ3v) is 6.21. The van der Waals surface area contributed by atoms with Gasteiger partial charge >= 0.3 is 12.1 Å². The fourth-order valence-electron chi connectivity index (χ4n) is 4.51. The highest BCUT2D eigenvalue weighted by Gasteiger charge is 2.63. The van der Waals surface area contributed by atoms with Crippen LogP contribution < -0.4 is 10.2 Å². The number of carbonyl (C=O) groups excluding carboxylic acids is 3. The van der Waals surface area contributed by atoms with E-state index < -0.39 is 17.6 Å². The maximum Gasteiger partial charge on any atom is 0.332 e. The van der Waals surface area contributed by atoms with E-state index in [0.717, 1.165) is 4.90 Å². The number of piperazine rings is 1. The third kappa shape index (κ3) is 2.84. The lowest BCUT2D eigenvalue weighted by Crippen LogP contribution is -2.59. The molecule has 0 radical (unpaired) electrons. The van der Waals surface area contributed by atoms with Gasteiger partial charge in [-0.25, -0.2) is 14.5 Å². The largest absolute Gasteiger partial charge is 0.333 e. The molecule has 3 saturated heterocycles. The summed E-state index contributed by atoms with van der Waals surface area (Å²) < 4.78 is 0. The Morgan fingerprint density at radius 1 is 1.31 bits per heavy atom. The van der Waals surface area contributed by atoms with Crippen molar-refractivity contribution in [1.82, 2.24) is 15.1 Å². The van der Waals surface area contributed by atoms with Crippen LogP contribution in [0, 0.1) is 18.3 Å². The molecule has 0 spiro atoms. The molecule has 5 amide bonds. The third-order valence-electron chi connectivity index (χ3n) is 5.73. The maximum absolute atomic E-state index is 13.3. The molecule has 152 valence electrons. The van der Waals surface area contributed by atoms with Gasteiger partial charge in [-0.3, -0.25) is 4.79 Å². The van der Waals surface area contributed by atoms with Crippen LogP contribution in [0.15, 0.2) is 12.1 Å². The summed E-state index contributed by atoms with van der Waals surface area (Å²) in [4.78, 5) is 43.5. The van der Waals surface area contributed by atoms with Gasteiger partial charge in [0, 0.05) is 12.1 Å². The van der Waals surface area contributed by atoms with Gasteiger partial charge in [-0.15, -0.1) is 0 Å². The molecule has 29 heavy (non-hydrogen) atoms. The molecule has 1 aromatic rings. The van der Waals surface area contributed by atoms with Crippen molar-refractivity contribution in [3.05, 3.63) is 28.3 Å². The standard InChI is InChI=1S/C20H22ClN5O3/c1-10-13(6-5-11(8-22)15(10)21)26-17(27)16-14-7-12(25(16)19(26)29)9-24(14)18(28)23-20(2,3)4/h5-6,12,14,16H,7,9H2,1-4H3,(H,23,28). The molecule has 3 atom stereocenters. The van der Waals surface area contributed by atoms with E-state index in [1.54, 1.807) is 22.8 Å². The SMILES string of the molecule is Cc1c(N2C(=O)C3C4CC(CN4C(=O)NC(C)(C)C)N3C2=O)ccc(C#N)c1Cl. The Hall–Kier alpha value is -2.79. The van der Waals surface area contributed by atoms with Crippen molar-refractivity contribution in [3.8, 4) is 6.07 Å². The average Bonchev–Trinajstić information content (AvgIpc) is 3.28. The number of likely N-dealkylation sites (tertiary alicyclic amines) is 1. The van der Waals surface area contributed by atoms with Crippen LogP contribution in [0.2, 0.25) is 5.02 Å². The molecule has 0 saturated carbocycles.